The van der Waals surface area contributed by atoms with Crippen molar-refractivity contribution in [2.75, 3.05) is 25.5 Å². The number of ether oxygens (including phenoxy) is 1. The minimum atomic E-state index is -1.52. The summed E-state index contributed by atoms with van der Waals surface area (Å²) in [6.45, 7) is 0.671. The van der Waals surface area contributed by atoms with Gasteiger partial charge in [-0.3, -0.25) is 10.1 Å². The first-order valence-electron chi connectivity index (χ1n) is 9.68. The minimum Gasteiger partial charge on any atom is -0.471 e. The molecule has 1 aliphatic heterocycles. The molecule has 1 unspecified atom stereocenters. The SMILES string of the molecule is CN1CCCC1CCNC(=O)Nc1snc(OCc2c(F)cc(Cl)c(F)c2F)c1C(N)=O. The zero-order chi connectivity index (χ0) is 23.4. The van der Waals surface area contributed by atoms with Gasteiger partial charge in [0.25, 0.3) is 5.91 Å². The fourth-order valence-corrected chi connectivity index (χ4v) is 4.31. The van der Waals surface area contributed by atoms with Gasteiger partial charge >= 0.3 is 6.03 Å². The lowest BCUT2D eigenvalue weighted by molar-refractivity contribution is 0.0996. The van der Waals surface area contributed by atoms with E-state index in [1.807, 2.05) is 7.05 Å². The minimum absolute atomic E-state index is 0.00575. The number of likely N-dealkylation sites (tertiary alicyclic amines) is 1. The van der Waals surface area contributed by atoms with Crippen LogP contribution in [0.25, 0.3) is 0 Å². The van der Waals surface area contributed by atoms with E-state index in [4.69, 9.17) is 22.1 Å². The van der Waals surface area contributed by atoms with E-state index in [1.165, 1.54) is 0 Å². The predicted octanol–water partition coefficient (Wildman–Crippen LogP) is 3.50. The fourth-order valence-electron chi connectivity index (χ4n) is 3.40. The Bertz CT molecular complexity index is 1020. The van der Waals surface area contributed by atoms with Gasteiger partial charge in [-0.2, -0.15) is 4.37 Å². The summed E-state index contributed by atoms with van der Waals surface area (Å²) in [5.74, 6) is -5.39. The van der Waals surface area contributed by atoms with Crippen molar-refractivity contribution in [1.82, 2.24) is 14.6 Å². The molecule has 1 aromatic heterocycles. The molecule has 4 N–H and O–H groups in total. The van der Waals surface area contributed by atoms with E-state index in [0.717, 1.165) is 25.8 Å². The molecule has 1 fully saturated rings. The summed E-state index contributed by atoms with van der Waals surface area (Å²) in [5, 5.41) is 4.46. The maximum Gasteiger partial charge on any atom is 0.319 e. The second-order valence-corrected chi connectivity index (χ2v) is 8.42. The zero-order valence-corrected chi connectivity index (χ0v) is 18.6. The van der Waals surface area contributed by atoms with Gasteiger partial charge < -0.3 is 20.7 Å². The number of primary amides is 1. The number of nitrogens with zero attached hydrogens (tertiary/aromatic N) is 2. The van der Waals surface area contributed by atoms with Crippen LogP contribution in [0, 0.1) is 17.5 Å². The molecular formula is C19H21ClF3N5O3S. The molecule has 0 bridgehead atoms. The highest BCUT2D eigenvalue weighted by Crippen LogP contribution is 2.32. The summed E-state index contributed by atoms with van der Waals surface area (Å²) in [7, 11) is 2.03. The number of hydrogen-bond acceptors (Lipinski definition) is 6. The van der Waals surface area contributed by atoms with E-state index in [0.29, 0.717) is 30.2 Å². The van der Waals surface area contributed by atoms with Gasteiger partial charge in [0, 0.05) is 12.6 Å². The molecule has 3 amide bonds. The van der Waals surface area contributed by atoms with Gasteiger partial charge in [0.1, 0.15) is 23.0 Å². The first-order valence-corrected chi connectivity index (χ1v) is 10.8. The summed E-state index contributed by atoms with van der Waals surface area (Å²) >= 11 is 6.09. The smallest absolute Gasteiger partial charge is 0.319 e. The van der Waals surface area contributed by atoms with Gasteiger partial charge in [-0.05, 0) is 50.5 Å². The van der Waals surface area contributed by atoms with Gasteiger partial charge in [-0.15, -0.1) is 0 Å². The number of urea groups is 1. The Labute approximate surface area is 191 Å². The molecule has 0 radical (unpaired) electrons. The topological polar surface area (TPSA) is 110 Å². The third-order valence-corrected chi connectivity index (χ3v) is 6.15. The molecule has 1 aliphatic rings. The standard InChI is InChI=1S/C19H21ClF3N5O3S/c1-28-6-2-3-9(28)4-5-25-19(30)26-18-13(16(24)29)17(27-32-18)31-8-10-12(21)7-11(20)15(23)14(10)22/h7,9H,2-6,8H2,1H3,(H2,24,29)(H2,25,26,30). The Morgan fingerprint density at radius 1 is 1.38 bits per heavy atom. The first-order chi connectivity index (χ1) is 15.2. The van der Waals surface area contributed by atoms with Crippen LogP contribution in [-0.4, -0.2) is 47.4 Å². The van der Waals surface area contributed by atoms with Crippen LogP contribution < -0.4 is 21.1 Å². The second-order valence-electron chi connectivity index (χ2n) is 7.24. The number of amides is 3. The number of benzene rings is 1. The first kappa shape index (κ1) is 24.1. The van der Waals surface area contributed by atoms with Crippen LogP contribution in [0.4, 0.5) is 23.0 Å². The molecule has 8 nitrogen and oxygen atoms in total. The Morgan fingerprint density at radius 2 is 2.12 bits per heavy atom. The molecule has 32 heavy (non-hydrogen) atoms. The van der Waals surface area contributed by atoms with Crippen LogP contribution in [-0.2, 0) is 6.61 Å². The highest BCUT2D eigenvalue weighted by atomic mass is 35.5. The van der Waals surface area contributed by atoms with Crippen LogP contribution >= 0.6 is 23.1 Å². The van der Waals surface area contributed by atoms with E-state index >= 15 is 0 Å². The highest BCUT2D eigenvalue weighted by Gasteiger charge is 2.25. The molecule has 0 saturated carbocycles. The molecule has 2 aromatic rings. The normalized spacial score (nSPS) is 16.2. The molecule has 1 aromatic carbocycles. The lowest BCUT2D eigenvalue weighted by atomic mass is 10.1. The van der Waals surface area contributed by atoms with Crippen LogP contribution in [0.1, 0.15) is 35.2 Å². The number of carbonyl (C=O) groups excluding carboxylic acids is 2. The maximum absolute atomic E-state index is 14.0. The van der Waals surface area contributed by atoms with Crippen molar-refractivity contribution in [3.8, 4) is 5.88 Å². The van der Waals surface area contributed by atoms with Crippen molar-refractivity contribution >= 4 is 40.1 Å². The lowest BCUT2D eigenvalue weighted by Gasteiger charge is -2.19. The van der Waals surface area contributed by atoms with Crippen molar-refractivity contribution in [3.63, 3.8) is 0 Å². The average Bonchev–Trinajstić information content (AvgIpc) is 3.32. The number of hydrogen-bond donors (Lipinski definition) is 3. The predicted molar refractivity (Wildman–Crippen MR) is 114 cm³/mol. The van der Waals surface area contributed by atoms with E-state index in [9.17, 15) is 22.8 Å². The van der Waals surface area contributed by atoms with Gasteiger partial charge in [-0.1, -0.05) is 11.6 Å². The van der Waals surface area contributed by atoms with Crippen molar-refractivity contribution < 1.29 is 27.5 Å². The van der Waals surface area contributed by atoms with Crippen molar-refractivity contribution in [2.45, 2.75) is 31.9 Å². The van der Waals surface area contributed by atoms with Crippen molar-refractivity contribution in [1.29, 1.82) is 0 Å². The molecule has 3 rings (SSSR count). The summed E-state index contributed by atoms with van der Waals surface area (Å²) in [6.07, 6.45) is 2.97. The van der Waals surface area contributed by atoms with E-state index < -0.39 is 46.6 Å². The number of rotatable bonds is 8. The molecule has 1 saturated heterocycles. The van der Waals surface area contributed by atoms with Gasteiger partial charge in [-0.25, -0.2) is 18.0 Å². The van der Waals surface area contributed by atoms with Crippen molar-refractivity contribution in [2.24, 2.45) is 5.73 Å². The largest absolute Gasteiger partial charge is 0.471 e. The number of nitrogens with one attached hydrogen (secondary N) is 2. The van der Waals surface area contributed by atoms with E-state index in [2.05, 4.69) is 19.9 Å². The molecule has 2 heterocycles. The van der Waals surface area contributed by atoms with Crippen LogP contribution in [0.3, 0.4) is 0 Å². The molecule has 0 spiro atoms. The zero-order valence-electron chi connectivity index (χ0n) is 17.0. The monoisotopic (exact) mass is 491 g/mol. The molecule has 13 heteroatoms. The summed E-state index contributed by atoms with van der Waals surface area (Å²) in [4.78, 5) is 26.3. The number of halogens is 4. The van der Waals surface area contributed by atoms with Crippen LogP contribution in [0.15, 0.2) is 6.07 Å². The maximum atomic E-state index is 14.0. The number of nitrogens with two attached hydrogens (primary N) is 1. The summed E-state index contributed by atoms with van der Waals surface area (Å²) in [6, 6.07) is 0.439. The van der Waals surface area contributed by atoms with Crippen molar-refractivity contribution in [3.05, 3.63) is 39.7 Å². The molecule has 0 aliphatic carbocycles. The Hall–Kier alpha value is -2.57. The van der Waals surface area contributed by atoms with Gasteiger partial charge in [0.2, 0.25) is 5.88 Å². The van der Waals surface area contributed by atoms with E-state index in [-0.39, 0.29) is 16.4 Å². The third kappa shape index (κ3) is 5.43. The summed E-state index contributed by atoms with van der Waals surface area (Å²) in [5.41, 5.74) is 4.35. The van der Waals surface area contributed by atoms with Gasteiger partial charge in [0.15, 0.2) is 11.6 Å². The lowest BCUT2D eigenvalue weighted by Crippen LogP contribution is -2.34. The molecule has 1 atom stereocenters. The second kappa shape index (κ2) is 10.4. The Balaban J connectivity index is 1.63. The fraction of sp³-hybridized carbons (Fsp3) is 0.421. The Kier molecular flexibility index (Phi) is 7.80. The number of anilines is 1. The number of carbonyl (C=O) groups is 2. The highest BCUT2D eigenvalue weighted by molar-refractivity contribution is 7.11. The Morgan fingerprint density at radius 3 is 2.78 bits per heavy atom. The molecule has 174 valence electrons. The van der Waals surface area contributed by atoms with Gasteiger partial charge in [0.05, 0.1) is 10.6 Å². The number of aromatic nitrogens is 1. The van der Waals surface area contributed by atoms with Crippen LogP contribution in [0.5, 0.6) is 5.88 Å². The van der Waals surface area contributed by atoms with Crippen LogP contribution in [0.2, 0.25) is 5.02 Å². The quantitative estimate of drug-likeness (QED) is 0.387. The molecular weight excluding hydrogens is 471 g/mol. The summed E-state index contributed by atoms with van der Waals surface area (Å²) < 4.78 is 50.6. The average molecular weight is 492 g/mol. The third-order valence-electron chi connectivity index (χ3n) is 5.13. The van der Waals surface area contributed by atoms with E-state index in [1.54, 1.807) is 0 Å².